The number of nitrogens with zero attached hydrogens (tertiary/aromatic N) is 3. The average Bonchev–Trinajstić information content (AvgIpc) is 2.77. The maximum atomic E-state index is 13.5. The molecule has 1 amide bonds. The van der Waals surface area contributed by atoms with Crippen molar-refractivity contribution in [1.82, 2.24) is 19.8 Å². The summed E-state index contributed by atoms with van der Waals surface area (Å²) in [7, 11) is 1.56. The van der Waals surface area contributed by atoms with Gasteiger partial charge in [-0.1, -0.05) is 50.7 Å². The molecule has 3 heterocycles. The van der Waals surface area contributed by atoms with Crippen LogP contribution in [0.2, 0.25) is 0 Å². The van der Waals surface area contributed by atoms with Crippen LogP contribution in [0.1, 0.15) is 93.6 Å². The van der Waals surface area contributed by atoms with E-state index in [2.05, 4.69) is 15.2 Å². The zero-order chi connectivity index (χ0) is 22.1. The fourth-order valence-corrected chi connectivity index (χ4v) is 6.71. The molecule has 3 fully saturated rings. The van der Waals surface area contributed by atoms with Crippen molar-refractivity contribution in [3.05, 3.63) is 40.3 Å². The van der Waals surface area contributed by atoms with Gasteiger partial charge in [0.25, 0.3) is 11.5 Å². The van der Waals surface area contributed by atoms with Gasteiger partial charge >= 0.3 is 0 Å². The SMILES string of the molecule is CNC(=O)c1nc2ccccc2n(C2C[C@H]3CCC[C@@H](C2)N3C2CCCCCCC2)c1=O. The van der Waals surface area contributed by atoms with Gasteiger partial charge in [-0.05, 0) is 50.7 Å². The van der Waals surface area contributed by atoms with Crippen molar-refractivity contribution in [2.24, 2.45) is 0 Å². The topological polar surface area (TPSA) is 67.2 Å². The normalized spacial score (nSPS) is 27.6. The van der Waals surface area contributed by atoms with Crippen LogP contribution in [0.5, 0.6) is 0 Å². The predicted octanol–water partition coefficient (Wildman–Crippen LogP) is 4.43. The van der Waals surface area contributed by atoms with E-state index in [1.165, 1.54) is 64.2 Å². The highest BCUT2D eigenvalue weighted by atomic mass is 16.2. The Bertz CT molecular complexity index is 1010. The minimum absolute atomic E-state index is 0.0128. The molecule has 6 nitrogen and oxygen atoms in total. The van der Waals surface area contributed by atoms with Gasteiger partial charge in [-0.15, -0.1) is 0 Å². The van der Waals surface area contributed by atoms with Crippen LogP contribution in [0, 0.1) is 0 Å². The fraction of sp³-hybridized carbons (Fsp3) is 0.654. The summed E-state index contributed by atoms with van der Waals surface area (Å²) >= 11 is 0. The minimum atomic E-state index is -0.401. The van der Waals surface area contributed by atoms with Gasteiger partial charge < -0.3 is 9.88 Å². The summed E-state index contributed by atoms with van der Waals surface area (Å²) in [5.41, 5.74) is 1.34. The number of para-hydroxylation sites is 2. The standard InChI is InChI=1S/C26H36N4O2/c1-27-25(31)24-26(32)30(23-15-8-7-14-22(23)28-24)21-16-19-12-9-13-20(17-21)29(19)18-10-5-3-2-4-6-11-18/h7-8,14-15,18-21H,2-6,9-13,16-17H2,1H3,(H,27,31)/t19-,20+,21?. The largest absolute Gasteiger partial charge is 0.354 e. The summed E-state index contributed by atoms with van der Waals surface area (Å²) in [5.74, 6) is -0.401. The molecular weight excluding hydrogens is 400 g/mol. The van der Waals surface area contributed by atoms with Crippen molar-refractivity contribution >= 4 is 16.9 Å². The highest BCUT2D eigenvalue weighted by Gasteiger charge is 2.42. The van der Waals surface area contributed by atoms with Gasteiger partial charge in [0, 0.05) is 31.2 Å². The lowest BCUT2D eigenvalue weighted by atomic mass is 9.79. The molecule has 2 saturated heterocycles. The smallest absolute Gasteiger partial charge is 0.282 e. The Kier molecular flexibility index (Phi) is 6.31. The average molecular weight is 437 g/mol. The first-order valence-electron chi connectivity index (χ1n) is 12.7. The number of fused-ring (bicyclic) bond motifs is 3. The van der Waals surface area contributed by atoms with E-state index >= 15 is 0 Å². The summed E-state index contributed by atoms with van der Waals surface area (Å²) in [5, 5.41) is 2.59. The third-order valence-electron chi connectivity index (χ3n) is 8.10. The van der Waals surface area contributed by atoms with Crippen molar-refractivity contribution in [3.63, 3.8) is 0 Å². The summed E-state index contributed by atoms with van der Waals surface area (Å²) in [6.45, 7) is 0. The third kappa shape index (κ3) is 3.98. The predicted molar refractivity (Wildman–Crippen MR) is 127 cm³/mol. The summed E-state index contributed by atoms with van der Waals surface area (Å²) in [6, 6.07) is 9.68. The molecule has 2 bridgehead atoms. The second kappa shape index (κ2) is 9.34. The van der Waals surface area contributed by atoms with E-state index in [9.17, 15) is 9.59 Å². The van der Waals surface area contributed by atoms with Crippen molar-refractivity contribution in [3.8, 4) is 0 Å². The van der Waals surface area contributed by atoms with Gasteiger partial charge in [0.2, 0.25) is 0 Å². The lowest BCUT2D eigenvalue weighted by Crippen LogP contribution is -2.57. The molecule has 1 aromatic heterocycles. The Morgan fingerprint density at radius 3 is 2.19 bits per heavy atom. The Labute approximate surface area is 190 Å². The van der Waals surface area contributed by atoms with E-state index in [0.717, 1.165) is 23.9 Å². The second-order valence-electron chi connectivity index (χ2n) is 10.0. The van der Waals surface area contributed by atoms with Crippen LogP contribution < -0.4 is 10.9 Å². The molecule has 1 aromatic carbocycles. The van der Waals surface area contributed by atoms with Crippen molar-refractivity contribution in [2.75, 3.05) is 7.05 Å². The molecule has 172 valence electrons. The third-order valence-corrected chi connectivity index (χ3v) is 8.10. The van der Waals surface area contributed by atoms with E-state index in [0.29, 0.717) is 18.1 Å². The lowest BCUT2D eigenvalue weighted by molar-refractivity contribution is -0.0247. The van der Waals surface area contributed by atoms with E-state index in [-0.39, 0.29) is 17.3 Å². The van der Waals surface area contributed by atoms with E-state index < -0.39 is 5.91 Å². The van der Waals surface area contributed by atoms with Crippen LogP contribution in [0.15, 0.2) is 29.1 Å². The molecule has 1 saturated carbocycles. The van der Waals surface area contributed by atoms with Crippen molar-refractivity contribution in [1.29, 1.82) is 0 Å². The Morgan fingerprint density at radius 1 is 0.875 bits per heavy atom. The second-order valence-corrected chi connectivity index (χ2v) is 10.0. The zero-order valence-electron chi connectivity index (χ0n) is 19.3. The van der Waals surface area contributed by atoms with Gasteiger partial charge in [0.15, 0.2) is 5.69 Å². The number of benzene rings is 1. The number of nitrogens with one attached hydrogen (secondary N) is 1. The van der Waals surface area contributed by atoms with E-state index in [4.69, 9.17) is 0 Å². The monoisotopic (exact) mass is 436 g/mol. The molecule has 0 radical (unpaired) electrons. The molecule has 6 heteroatoms. The number of carbonyl (C=O) groups is 1. The van der Waals surface area contributed by atoms with Gasteiger partial charge in [0.05, 0.1) is 11.0 Å². The number of piperidine rings is 2. The molecule has 32 heavy (non-hydrogen) atoms. The summed E-state index contributed by atoms with van der Waals surface area (Å²) in [6.07, 6.45) is 15.3. The summed E-state index contributed by atoms with van der Waals surface area (Å²) < 4.78 is 1.91. The first-order chi connectivity index (χ1) is 15.7. The number of hydrogen-bond donors (Lipinski definition) is 1. The van der Waals surface area contributed by atoms with Gasteiger partial charge in [-0.3, -0.25) is 14.5 Å². The van der Waals surface area contributed by atoms with E-state index in [1.54, 1.807) is 7.05 Å². The molecule has 1 N–H and O–H groups in total. The van der Waals surface area contributed by atoms with Crippen LogP contribution >= 0.6 is 0 Å². The van der Waals surface area contributed by atoms with E-state index in [1.807, 2.05) is 28.8 Å². The molecule has 2 aliphatic heterocycles. The quantitative estimate of drug-likeness (QED) is 0.773. The molecule has 1 aliphatic carbocycles. The van der Waals surface area contributed by atoms with Crippen LogP contribution in [0.25, 0.3) is 11.0 Å². The van der Waals surface area contributed by atoms with Gasteiger partial charge in [0.1, 0.15) is 0 Å². The number of aromatic nitrogens is 2. The molecule has 3 atom stereocenters. The Morgan fingerprint density at radius 2 is 1.50 bits per heavy atom. The first kappa shape index (κ1) is 21.6. The minimum Gasteiger partial charge on any atom is -0.354 e. The zero-order valence-corrected chi connectivity index (χ0v) is 19.3. The first-order valence-corrected chi connectivity index (χ1v) is 12.7. The molecule has 3 aliphatic rings. The van der Waals surface area contributed by atoms with Gasteiger partial charge in [-0.25, -0.2) is 4.98 Å². The lowest BCUT2D eigenvalue weighted by Gasteiger charge is -2.53. The maximum Gasteiger partial charge on any atom is 0.282 e. The van der Waals surface area contributed by atoms with Crippen molar-refractivity contribution < 1.29 is 4.79 Å². The number of amides is 1. The number of hydrogen-bond acceptors (Lipinski definition) is 4. The highest BCUT2D eigenvalue weighted by Crippen LogP contribution is 2.42. The fourth-order valence-electron chi connectivity index (χ4n) is 6.71. The van der Waals surface area contributed by atoms with Crippen LogP contribution in [0.3, 0.4) is 0 Å². The van der Waals surface area contributed by atoms with Gasteiger partial charge in [-0.2, -0.15) is 0 Å². The van der Waals surface area contributed by atoms with Crippen LogP contribution in [-0.4, -0.2) is 45.5 Å². The molecule has 1 unspecified atom stereocenters. The molecule has 5 rings (SSSR count). The van der Waals surface area contributed by atoms with Crippen molar-refractivity contribution in [2.45, 2.75) is 101 Å². The Hall–Kier alpha value is -2.21. The van der Waals surface area contributed by atoms with Crippen LogP contribution in [0.4, 0.5) is 0 Å². The molecular formula is C26H36N4O2. The number of carbonyl (C=O) groups excluding carboxylic acids is 1. The number of rotatable bonds is 3. The van der Waals surface area contributed by atoms with Crippen LogP contribution in [-0.2, 0) is 0 Å². The highest BCUT2D eigenvalue weighted by molar-refractivity contribution is 5.93. The Balaban J connectivity index is 1.50. The molecule has 2 aromatic rings. The maximum absolute atomic E-state index is 13.5. The molecule has 0 spiro atoms. The summed E-state index contributed by atoms with van der Waals surface area (Å²) in [4.78, 5) is 33.2.